The van der Waals surface area contributed by atoms with E-state index in [1.165, 1.54) is 0 Å². The normalized spacial score (nSPS) is 12.2. The minimum atomic E-state index is 0.203. The maximum atomic E-state index is 5.53. The summed E-state index contributed by atoms with van der Waals surface area (Å²) in [6.07, 6.45) is 1.71. The predicted molar refractivity (Wildman–Crippen MR) is 67.2 cm³/mol. The molecule has 0 aliphatic heterocycles. The molecule has 1 unspecified atom stereocenters. The van der Waals surface area contributed by atoms with Gasteiger partial charge in [0, 0.05) is 6.04 Å². The Kier molecular flexibility index (Phi) is 5.02. The van der Waals surface area contributed by atoms with Crippen molar-refractivity contribution in [2.24, 2.45) is 5.84 Å². The number of ether oxygens (including phenoxy) is 1. The minimum Gasteiger partial charge on any atom is -0.496 e. The molecule has 0 bridgehead atoms. The third-order valence-electron chi connectivity index (χ3n) is 2.49. The number of hydrogen-bond acceptors (Lipinski definition) is 3. The molecule has 3 N–H and O–H groups in total. The number of nitrogens with two attached hydrogens (primary N) is 1. The number of nitrogens with one attached hydrogen (secondary N) is 1. The van der Waals surface area contributed by atoms with Gasteiger partial charge in [0.15, 0.2) is 0 Å². The van der Waals surface area contributed by atoms with Crippen LogP contribution in [0.4, 0.5) is 0 Å². The smallest absolute Gasteiger partial charge is 0.122 e. The van der Waals surface area contributed by atoms with Gasteiger partial charge in [-0.15, -0.1) is 6.58 Å². The highest BCUT2D eigenvalue weighted by Crippen LogP contribution is 2.20. The van der Waals surface area contributed by atoms with Gasteiger partial charge in [-0.1, -0.05) is 23.8 Å². The summed E-state index contributed by atoms with van der Waals surface area (Å²) in [4.78, 5) is 0. The molecule has 0 aliphatic carbocycles. The summed E-state index contributed by atoms with van der Waals surface area (Å²) in [5.41, 5.74) is 5.10. The Labute approximate surface area is 97.3 Å². The molecule has 0 amide bonds. The Morgan fingerprint density at radius 3 is 2.75 bits per heavy atom. The molecule has 0 aromatic heterocycles. The molecule has 0 heterocycles. The van der Waals surface area contributed by atoms with Crippen LogP contribution in [-0.4, -0.2) is 13.2 Å². The highest BCUT2D eigenvalue weighted by atomic mass is 16.5. The van der Waals surface area contributed by atoms with Crippen molar-refractivity contribution in [3.8, 4) is 5.75 Å². The Morgan fingerprint density at radius 2 is 2.19 bits per heavy atom. The summed E-state index contributed by atoms with van der Waals surface area (Å²) in [5.74, 6) is 6.44. The van der Waals surface area contributed by atoms with Crippen LogP contribution < -0.4 is 16.0 Å². The van der Waals surface area contributed by atoms with Crippen LogP contribution in [0.1, 0.15) is 18.9 Å². The number of methoxy groups -OCH3 is 1. The zero-order valence-corrected chi connectivity index (χ0v) is 9.99. The molecular formula is C13H20N2O. The third-order valence-corrected chi connectivity index (χ3v) is 2.49. The first-order valence-electron chi connectivity index (χ1n) is 5.39. The van der Waals surface area contributed by atoms with Crippen LogP contribution in [0.5, 0.6) is 5.75 Å². The van der Waals surface area contributed by atoms with Crippen molar-refractivity contribution >= 4 is 0 Å². The Hall–Kier alpha value is -1.32. The molecule has 88 valence electrons. The zero-order chi connectivity index (χ0) is 12.0. The van der Waals surface area contributed by atoms with E-state index < -0.39 is 0 Å². The molecule has 16 heavy (non-hydrogen) atoms. The number of hydrogen-bond donors (Lipinski definition) is 2. The standard InChI is InChI=1S/C13H20N2O/c1-10(2)8-12(15-14)9-11-6-4-5-7-13(11)16-3/h4-7,12,15H,1,8-9,14H2,2-3H3. The van der Waals surface area contributed by atoms with Crippen LogP contribution in [0.3, 0.4) is 0 Å². The molecule has 1 atom stereocenters. The number of rotatable bonds is 6. The quantitative estimate of drug-likeness (QED) is 0.438. The highest BCUT2D eigenvalue weighted by molar-refractivity contribution is 5.33. The Morgan fingerprint density at radius 1 is 1.50 bits per heavy atom. The molecule has 0 saturated heterocycles. The van der Waals surface area contributed by atoms with Gasteiger partial charge in [0.05, 0.1) is 7.11 Å². The van der Waals surface area contributed by atoms with E-state index in [9.17, 15) is 0 Å². The lowest BCUT2D eigenvalue weighted by Gasteiger charge is -2.17. The summed E-state index contributed by atoms with van der Waals surface area (Å²) < 4.78 is 5.30. The molecule has 0 spiro atoms. The summed E-state index contributed by atoms with van der Waals surface area (Å²) >= 11 is 0. The van der Waals surface area contributed by atoms with Crippen LogP contribution in [-0.2, 0) is 6.42 Å². The van der Waals surface area contributed by atoms with Gasteiger partial charge in [0.2, 0.25) is 0 Å². The fourth-order valence-electron chi connectivity index (χ4n) is 1.75. The fraction of sp³-hybridized carbons (Fsp3) is 0.385. The van der Waals surface area contributed by atoms with Crippen LogP contribution in [0.2, 0.25) is 0 Å². The van der Waals surface area contributed by atoms with Gasteiger partial charge in [-0.05, 0) is 31.4 Å². The van der Waals surface area contributed by atoms with Crippen LogP contribution in [0.25, 0.3) is 0 Å². The second kappa shape index (κ2) is 6.30. The predicted octanol–water partition coefficient (Wildman–Crippen LogP) is 2.04. The summed E-state index contributed by atoms with van der Waals surface area (Å²) in [7, 11) is 1.68. The van der Waals surface area contributed by atoms with Gasteiger partial charge in [-0.2, -0.15) is 0 Å². The lowest BCUT2D eigenvalue weighted by atomic mass is 10.0. The first kappa shape index (κ1) is 12.7. The second-order valence-corrected chi connectivity index (χ2v) is 4.04. The van der Waals surface area contributed by atoms with Crippen molar-refractivity contribution in [1.29, 1.82) is 0 Å². The molecule has 1 aromatic rings. The third kappa shape index (κ3) is 3.68. The van der Waals surface area contributed by atoms with Crippen molar-refractivity contribution < 1.29 is 4.74 Å². The summed E-state index contributed by atoms with van der Waals surface area (Å²) in [5, 5.41) is 0. The molecule has 0 radical (unpaired) electrons. The first-order chi connectivity index (χ1) is 7.67. The monoisotopic (exact) mass is 220 g/mol. The maximum Gasteiger partial charge on any atom is 0.122 e. The van der Waals surface area contributed by atoms with Crippen molar-refractivity contribution in [1.82, 2.24) is 5.43 Å². The number of benzene rings is 1. The van der Waals surface area contributed by atoms with E-state index in [2.05, 4.69) is 18.1 Å². The van der Waals surface area contributed by atoms with E-state index in [1.807, 2.05) is 25.1 Å². The van der Waals surface area contributed by atoms with Crippen LogP contribution in [0, 0.1) is 0 Å². The zero-order valence-electron chi connectivity index (χ0n) is 9.99. The highest BCUT2D eigenvalue weighted by Gasteiger charge is 2.10. The molecule has 0 fully saturated rings. The van der Waals surface area contributed by atoms with Gasteiger partial charge < -0.3 is 4.74 Å². The van der Waals surface area contributed by atoms with E-state index in [1.54, 1.807) is 7.11 Å². The van der Waals surface area contributed by atoms with Gasteiger partial charge in [0.25, 0.3) is 0 Å². The largest absolute Gasteiger partial charge is 0.496 e. The van der Waals surface area contributed by atoms with E-state index in [-0.39, 0.29) is 6.04 Å². The number of hydrazine groups is 1. The SMILES string of the molecule is C=C(C)CC(Cc1ccccc1OC)NN. The van der Waals surface area contributed by atoms with E-state index in [0.29, 0.717) is 0 Å². The molecule has 3 heteroatoms. The first-order valence-corrected chi connectivity index (χ1v) is 5.39. The lowest BCUT2D eigenvalue weighted by molar-refractivity contribution is 0.404. The minimum absolute atomic E-state index is 0.203. The van der Waals surface area contributed by atoms with Crippen molar-refractivity contribution in [2.45, 2.75) is 25.8 Å². The van der Waals surface area contributed by atoms with Crippen molar-refractivity contribution in [3.63, 3.8) is 0 Å². The van der Waals surface area contributed by atoms with Crippen molar-refractivity contribution in [2.75, 3.05) is 7.11 Å². The topological polar surface area (TPSA) is 47.3 Å². The average Bonchev–Trinajstić information content (AvgIpc) is 2.28. The molecule has 3 nitrogen and oxygen atoms in total. The summed E-state index contributed by atoms with van der Waals surface area (Å²) in [6.45, 7) is 5.91. The fourth-order valence-corrected chi connectivity index (χ4v) is 1.75. The van der Waals surface area contributed by atoms with E-state index in [4.69, 9.17) is 10.6 Å². The van der Waals surface area contributed by atoms with E-state index in [0.717, 1.165) is 29.7 Å². The average molecular weight is 220 g/mol. The molecule has 1 aromatic carbocycles. The van der Waals surface area contributed by atoms with Gasteiger partial charge in [0.1, 0.15) is 5.75 Å². The second-order valence-electron chi connectivity index (χ2n) is 4.04. The van der Waals surface area contributed by atoms with Crippen LogP contribution in [0.15, 0.2) is 36.4 Å². The Balaban J connectivity index is 2.73. The van der Waals surface area contributed by atoms with Gasteiger partial charge >= 0.3 is 0 Å². The van der Waals surface area contributed by atoms with Gasteiger partial charge in [-0.25, -0.2) is 0 Å². The molecular weight excluding hydrogens is 200 g/mol. The molecule has 0 saturated carbocycles. The Bertz CT molecular complexity index is 350. The maximum absolute atomic E-state index is 5.53. The van der Waals surface area contributed by atoms with Crippen LogP contribution >= 0.6 is 0 Å². The lowest BCUT2D eigenvalue weighted by Crippen LogP contribution is -2.36. The van der Waals surface area contributed by atoms with Gasteiger partial charge in [-0.3, -0.25) is 11.3 Å². The molecule has 1 rings (SSSR count). The summed E-state index contributed by atoms with van der Waals surface area (Å²) in [6, 6.07) is 8.19. The molecule has 0 aliphatic rings. The number of para-hydroxylation sites is 1. The van der Waals surface area contributed by atoms with E-state index >= 15 is 0 Å². The van der Waals surface area contributed by atoms with Crippen molar-refractivity contribution in [3.05, 3.63) is 42.0 Å².